The van der Waals surface area contributed by atoms with Crippen LogP contribution in [-0.4, -0.2) is 28.2 Å². The highest BCUT2D eigenvalue weighted by Crippen LogP contribution is 2.18. The standard InChI is InChI=1S/C12H9FN2O2S/c13-10-3-8(4-14)1-2-9(10)5-15-11(16)6-18-7-12(15)17/h1-3H,5-7H2. The highest BCUT2D eigenvalue weighted by atomic mass is 32.2. The predicted molar refractivity (Wildman–Crippen MR) is 64.0 cm³/mol. The molecule has 1 aromatic carbocycles. The summed E-state index contributed by atoms with van der Waals surface area (Å²) in [6, 6.07) is 5.82. The summed E-state index contributed by atoms with van der Waals surface area (Å²) in [6.45, 7) is -0.0736. The molecule has 18 heavy (non-hydrogen) atoms. The van der Waals surface area contributed by atoms with E-state index >= 15 is 0 Å². The second-order valence-corrected chi connectivity index (χ2v) is 4.77. The van der Waals surface area contributed by atoms with Gasteiger partial charge in [-0.1, -0.05) is 6.07 Å². The van der Waals surface area contributed by atoms with Crippen molar-refractivity contribution in [3.63, 3.8) is 0 Å². The number of nitriles is 1. The Morgan fingerprint density at radius 2 is 2.00 bits per heavy atom. The van der Waals surface area contributed by atoms with Crippen molar-refractivity contribution in [2.24, 2.45) is 0 Å². The molecule has 1 aromatic rings. The molecule has 0 aliphatic carbocycles. The number of hydrogen-bond acceptors (Lipinski definition) is 4. The summed E-state index contributed by atoms with van der Waals surface area (Å²) in [5.41, 5.74) is 0.450. The summed E-state index contributed by atoms with van der Waals surface area (Å²) in [7, 11) is 0. The van der Waals surface area contributed by atoms with Gasteiger partial charge in [-0.05, 0) is 12.1 Å². The molecular formula is C12H9FN2O2S. The fourth-order valence-corrected chi connectivity index (χ4v) is 2.38. The van der Waals surface area contributed by atoms with Crippen molar-refractivity contribution >= 4 is 23.6 Å². The molecular weight excluding hydrogens is 255 g/mol. The monoisotopic (exact) mass is 264 g/mol. The molecule has 0 bridgehead atoms. The van der Waals surface area contributed by atoms with Gasteiger partial charge in [0.25, 0.3) is 0 Å². The minimum atomic E-state index is -0.576. The van der Waals surface area contributed by atoms with E-state index in [1.165, 1.54) is 23.9 Å². The first-order valence-electron chi connectivity index (χ1n) is 5.21. The molecule has 0 unspecified atom stereocenters. The number of imide groups is 1. The Bertz CT molecular complexity index is 537. The van der Waals surface area contributed by atoms with E-state index in [1.807, 2.05) is 6.07 Å². The average Bonchev–Trinajstić information content (AvgIpc) is 2.35. The van der Waals surface area contributed by atoms with Gasteiger partial charge in [0.05, 0.1) is 29.7 Å². The maximum absolute atomic E-state index is 13.6. The molecule has 0 saturated carbocycles. The third kappa shape index (κ3) is 2.51. The summed E-state index contributed by atoms with van der Waals surface area (Å²) in [5.74, 6) is -0.708. The molecule has 92 valence electrons. The lowest BCUT2D eigenvalue weighted by Crippen LogP contribution is -2.42. The molecule has 0 atom stereocenters. The van der Waals surface area contributed by atoms with Gasteiger partial charge < -0.3 is 0 Å². The number of thioether (sulfide) groups is 1. The van der Waals surface area contributed by atoms with Crippen molar-refractivity contribution in [1.82, 2.24) is 4.90 Å². The van der Waals surface area contributed by atoms with E-state index in [0.717, 1.165) is 11.0 Å². The largest absolute Gasteiger partial charge is 0.277 e. The van der Waals surface area contributed by atoms with E-state index in [-0.39, 0.29) is 41.0 Å². The summed E-state index contributed by atoms with van der Waals surface area (Å²) < 4.78 is 13.6. The van der Waals surface area contributed by atoms with Crippen LogP contribution in [0.15, 0.2) is 18.2 Å². The number of amides is 2. The van der Waals surface area contributed by atoms with Gasteiger partial charge in [-0.25, -0.2) is 4.39 Å². The van der Waals surface area contributed by atoms with Crippen LogP contribution < -0.4 is 0 Å². The molecule has 2 rings (SSSR count). The normalized spacial score (nSPS) is 15.7. The van der Waals surface area contributed by atoms with E-state index in [0.29, 0.717) is 0 Å². The summed E-state index contributed by atoms with van der Waals surface area (Å²) in [6.07, 6.45) is 0. The quantitative estimate of drug-likeness (QED) is 0.755. The lowest BCUT2D eigenvalue weighted by atomic mass is 10.1. The van der Waals surface area contributed by atoms with Crippen LogP contribution in [0.3, 0.4) is 0 Å². The summed E-state index contributed by atoms with van der Waals surface area (Å²) in [4.78, 5) is 24.2. The Morgan fingerprint density at radius 3 is 2.56 bits per heavy atom. The Labute approximate surface area is 107 Å². The molecule has 1 saturated heterocycles. The van der Waals surface area contributed by atoms with Crippen molar-refractivity contribution in [3.8, 4) is 6.07 Å². The first-order valence-corrected chi connectivity index (χ1v) is 6.37. The van der Waals surface area contributed by atoms with Crippen molar-refractivity contribution in [3.05, 3.63) is 35.1 Å². The molecule has 0 aromatic heterocycles. The number of benzene rings is 1. The topological polar surface area (TPSA) is 61.2 Å². The summed E-state index contributed by atoms with van der Waals surface area (Å²) >= 11 is 1.26. The number of rotatable bonds is 2. The van der Waals surface area contributed by atoms with Gasteiger partial charge in [0, 0.05) is 5.56 Å². The molecule has 1 fully saturated rings. The number of carbonyl (C=O) groups excluding carboxylic acids is 2. The van der Waals surface area contributed by atoms with Gasteiger partial charge in [-0.2, -0.15) is 5.26 Å². The lowest BCUT2D eigenvalue weighted by molar-refractivity contribution is -0.142. The maximum atomic E-state index is 13.6. The molecule has 6 heteroatoms. The van der Waals surface area contributed by atoms with Crippen molar-refractivity contribution in [2.45, 2.75) is 6.54 Å². The van der Waals surface area contributed by atoms with Gasteiger partial charge in [-0.15, -0.1) is 11.8 Å². The Morgan fingerprint density at radius 1 is 1.33 bits per heavy atom. The van der Waals surface area contributed by atoms with Gasteiger partial charge in [0.2, 0.25) is 11.8 Å². The van der Waals surface area contributed by atoms with Crippen molar-refractivity contribution < 1.29 is 14.0 Å². The number of carbonyl (C=O) groups is 2. The van der Waals surface area contributed by atoms with Gasteiger partial charge in [-0.3, -0.25) is 14.5 Å². The molecule has 0 radical (unpaired) electrons. The summed E-state index contributed by atoms with van der Waals surface area (Å²) in [5, 5.41) is 8.62. The Balaban J connectivity index is 2.21. The number of halogens is 1. The molecule has 0 spiro atoms. The average molecular weight is 264 g/mol. The third-order valence-corrected chi connectivity index (χ3v) is 3.47. The van der Waals surface area contributed by atoms with E-state index < -0.39 is 5.82 Å². The van der Waals surface area contributed by atoms with Gasteiger partial charge in [0.1, 0.15) is 5.82 Å². The Kier molecular flexibility index (Phi) is 3.63. The van der Waals surface area contributed by atoms with Crippen LogP contribution in [0.1, 0.15) is 11.1 Å². The maximum Gasteiger partial charge on any atom is 0.239 e. The second kappa shape index (κ2) is 5.19. The van der Waals surface area contributed by atoms with Gasteiger partial charge in [0.15, 0.2) is 0 Å². The third-order valence-electron chi connectivity index (χ3n) is 2.56. The highest BCUT2D eigenvalue weighted by Gasteiger charge is 2.27. The fourth-order valence-electron chi connectivity index (χ4n) is 1.61. The molecule has 0 N–H and O–H groups in total. The SMILES string of the molecule is N#Cc1ccc(CN2C(=O)CSCC2=O)c(F)c1. The van der Waals surface area contributed by atoms with Crippen LogP contribution in [0.2, 0.25) is 0 Å². The second-order valence-electron chi connectivity index (χ2n) is 3.78. The zero-order valence-corrected chi connectivity index (χ0v) is 10.2. The lowest BCUT2D eigenvalue weighted by Gasteiger charge is -2.24. The van der Waals surface area contributed by atoms with Gasteiger partial charge >= 0.3 is 0 Å². The molecule has 1 heterocycles. The fraction of sp³-hybridized carbons (Fsp3) is 0.250. The van der Waals surface area contributed by atoms with E-state index in [2.05, 4.69) is 0 Å². The molecule has 4 nitrogen and oxygen atoms in total. The molecule has 2 amide bonds. The van der Waals surface area contributed by atoms with E-state index in [9.17, 15) is 14.0 Å². The smallest absolute Gasteiger partial charge is 0.239 e. The molecule has 1 aliphatic rings. The van der Waals surface area contributed by atoms with Crippen LogP contribution in [-0.2, 0) is 16.1 Å². The first kappa shape index (κ1) is 12.6. The van der Waals surface area contributed by atoms with Crippen LogP contribution in [0.25, 0.3) is 0 Å². The van der Waals surface area contributed by atoms with Crippen LogP contribution >= 0.6 is 11.8 Å². The van der Waals surface area contributed by atoms with Crippen LogP contribution in [0.5, 0.6) is 0 Å². The van der Waals surface area contributed by atoms with E-state index in [4.69, 9.17) is 5.26 Å². The molecule has 1 aliphatic heterocycles. The predicted octanol–water partition coefficient (Wildman–Crippen LogP) is 1.30. The first-order chi connectivity index (χ1) is 8.61. The zero-order valence-electron chi connectivity index (χ0n) is 9.35. The van der Waals surface area contributed by atoms with E-state index in [1.54, 1.807) is 0 Å². The number of hydrogen-bond donors (Lipinski definition) is 0. The van der Waals surface area contributed by atoms with Crippen molar-refractivity contribution in [1.29, 1.82) is 5.26 Å². The number of nitrogens with zero attached hydrogens (tertiary/aromatic N) is 2. The Hall–Kier alpha value is -1.87. The van der Waals surface area contributed by atoms with Crippen LogP contribution in [0.4, 0.5) is 4.39 Å². The van der Waals surface area contributed by atoms with Crippen LogP contribution in [0, 0.1) is 17.1 Å². The highest BCUT2D eigenvalue weighted by molar-refractivity contribution is 8.00. The minimum Gasteiger partial charge on any atom is -0.277 e. The zero-order chi connectivity index (χ0) is 13.1. The van der Waals surface area contributed by atoms with Crippen molar-refractivity contribution in [2.75, 3.05) is 11.5 Å². The minimum absolute atomic E-state index is 0.0736.